The van der Waals surface area contributed by atoms with E-state index in [9.17, 15) is 0 Å². The van der Waals surface area contributed by atoms with Gasteiger partial charge in [0.1, 0.15) is 5.75 Å². The van der Waals surface area contributed by atoms with Crippen LogP contribution in [0.25, 0.3) is 11.5 Å². The maximum absolute atomic E-state index is 6.82. The van der Waals surface area contributed by atoms with Crippen LogP contribution >= 0.6 is 6.42 Å². The molecule has 1 aliphatic rings. The summed E-state index contributed by atoms with van der Waals surface area (Å²) in [6.07, 6.45) is -2.69. The number of rotatable bonds is 5. The molecule has 158 valence electrons. The Morgan fingerprint density at radius 1 is 0.688 bits per heavy atom. The molecule has 1 atom stereocenters. The normalized spacial score (nSPS) is 17.8. The van der Waals surface area contributed by atoms with E-state index in [0.717, 1.165) is 39.3 Å². The van der Waals surface area contributed by atoms with E-state index in [1.165, 1.54) is 0 Å². The summed E-state index contributed by atoms with van der Waals surface area (Å²) < 4.78 is 14.4. The average molecular weight is 456 g/mol. The molecule has 0 aliphatic carbocycles. The Morgan fingerprint density at radius 3 is 1.78 bits per heavy atom. The Bertz CT molecular complexity index is 1290. The minimum absolute atomic E-state index is 0.792. The van der Waals surface area contributed by atoms with Gasteiger partial charge < -0.3 is 9.26 Å². The lowest BCUT2D eigenvalue weighted by atomic mass is 10.1. The number of benzene rings is 4. The molecule has 0 radical (unpaired) electrons. The molecule has 0 bridgehead atoms. The van der Waals surface area contributed by atoms with Gasteiger partial charge in [0.2, 0.25) is 6.42 Å². The van der Waals surface area contributed by atoms with Gasteiger partial charge >= 0.3 is 0 Å². The van der Waals surface area contributed by atoms with Crippen LogP contribution in [0.5, 0.6) is 5.75 Å². The molecular formula is C27H22NO2PS. The minimum atomic E-state index is -2.69. The van der Waals surface area contributed by atoms with E-state index in [4.69, 9.17) is 21.1 Å². The number of hydrogen-bond donors (Lipinski definition) is 0. The quantitative estimate of drug-likeness (QED) is 0.313. The number of ether oxygens (including phenoxy) is 1. The maximum Gasteiger partial charge on any atom is 0.239 e. The molecule has 4 aromatic carbocycles. The van der Waals surface area contributed by atoms with Gasteiger partial charge in [-0.3, -0.25) is 4.67 Å². The fourth-order valence-electron chi connectivity index (χ4n) is 3.85. The SMILES string of the molecule is COc1ccc(P2(=S)OC(c3ccccc3)=C(c3ccccc3)N2c2ccccc2)cc1. The lowest BCUT2D eigenvalue weighted by molar-refractivity contribution is 0.415. The zero-order valence-electron chi connectivity index (χ0n) is 17.6. The van der Waals surface area contributed by atoms with E-state index < -0.39 is 6.42 Å². The van der Waals surface area contributed by atoms with E-state index >= 15 is 0 Å². The van der Waals surface area contributed by atoms with E-state index in [2.05, 4.69) is 41.1 Å². The van der Waals surface area contributed by atoms with Crippen LogP contribution in [0.2, 0.25) is 0 Å². The van der Waals surface area contributed by atoms with Crippen molar-refractivity contribution in [2.45, 2.75) is 0 Å². The van der Waals surface area contributed by atoms with Gasteiger partial charge in [0.05, 0.1) is 12.8 Å². The molecule has 3 nitrogen and oxygen atoms in total. The van der Waals surface area contributed by atoms with Crippen LogP contribution in [0, 0.1) is 0 Å². The highest BCUT2D eigenvalue weighted by Crippen LogP contribution is 2.65. The number of methoxy groups -OCH3 is 1. The molecule has 1 unspecified atom stereocenters. The zero-order chi connectivity index (χ0) is 22.0. The summed E-state index contributed by atoms with van der Waals surface area (Å²) in [7, 11) is 1.67. The molecule has 0 spiro atoms. The molecule has 4 aromatic rings. The second-order valence-corrected chi connectivity index (χ2v) is 11.0. The second kappa shape index (κ2) is 8.66. The molecule has 0 saturated carbocycles. The largest absolute Gasteiger partial charge is 0.497 e. The fourth-order valence-corrected chi connectivity index (χ4v) is 7.26. The van der Waals surface area contributed by atoms with Gasteiger partial charge in [-0.15, -0.1) is 0 Å². The Balaban J connectivity index is 1.78. The predicted molar refractivity (Wildman–Crippen MR) is 137 cm³/mol. The van der Waals surface area contributed by atoms with Gasteiger partial charge in [-0.1, -0.05) is 78.9 Å². The van der Waals surface area contributed by atoms with E-state index in [1.807, 2.05) is 78.9 Å². The van der Waals surface area contributed by atoms with Crippen molar-refractivity contribution in [2.75, 3.05) is 11.8 Å². The van der Waals surface area contributed by atoms with Crippen LogP contribution in [-0.2, 0) is 16.3 Å². The second-order valence-electron chi connectivity index (χ2n) is 7.37. The molecule has 0 saturated heterocycles. The summed E-state index contributed by atoms with van der Waals surface area (Å²) in [6.45, 7) is 0. The smallest absolute Gasteiger partial charge is 0.239 e. The molecule has 32 heavy (non-hydrogen) atoms. The Morgan fingerprint density at radius 2 is 1.22 bits per heavy atom. The molecule has 0 N–H and O–H groups in total. The highest BCUT2D eigenvalue weighted by molar-refractivity contribution is 8.17. The molecular weight excluding hydrogens is 433 g/mol. The van der Waals surface area contributed by atoms with Crippen molar-refractivity contribution in [3.63, 3.8) is 0 Å². The molecule has 5 rings (SSSR count). The lowest BCUT2D eigenvalue weighted by Gasteiger charge is -2.31. The van der Waals surface area contributed by atoms with E-state index in [1.54, 1.807) is 7.11 Å². The zero-order valence-corrected chi connectivity index (χ0v) is 19.3. The molecule has 0 fully saturated rings. The highest BCUT2D eigenvalue weighted by Gasteiger charge is 2.43. The Labute approximate surface area is 193 Å². The maximum atomic E-state index is 6.82. The molecule has 5 heteroatoms. The third-order valence-electron chi connectivity index (χ3n) is 5.39. The van der Waals surface area contributed by atoms with Crippen molar-refractivity contribution in [1.82, 2.24) is 0 Å². The minimum Gasteiger partial charge on any atom is -0.497 e. The third-order valence-corrected chi connectivity index (χ3v) is 9.07. The van der Waals surface area contributed by atoms with Crippen LogP contribution in [-0.4, -0.2) is 7.11 Å². The highest BCUT2D eigenvalue weighted by atomic mass is 32.4. The van der Waals surface area contributed by atoms with Crippen molar-refractivity contribution in [3.8, 4) is 5.75 Å². The topological polar surface area (TPSA) is 21.7 Å². The summed E-state index contributed by atoms with van der Waals surface area (Å²) in [5.74, 6) is 1.60. The number of hydrogen-bond acceptors (Lipinski definition) is 3. The number of nitrogens with zero attached hydrogens (tertiary/aromatic N) is 1. The van der Waals surface area contributed by atoms with Gasteiger partial charge in [-0.25, -0.2) is 0 Å². The third kappa shape index (κ3) is 3.62. The molecule has 1 heterocycles. The van der Waals surface area contributed by atoms with Crippen LogP contribution in [0.1, 0.15) is 11.1 Å². The van der Waals surface area contributed by atoms with Crippen LogP contribution in [0.15, 0.2) is 115 Å². The lowest BCUT2D eigenvalue weighted by Crippen LogP contribution is -2.21. The first-order valence-corrected chi connectivity index (χ1v) is 13.0. The standard InChI is InChI=1S/C27H22NO2PS/c1-29-24-17-19-25(20-18-24)31(32)28(23-15-9-4-10-16-23)26(21-11-5-2-6-12-21)27(30-31)22-13-7-3-8-14-22/h2-20H,1H3. The van der Waals surface area contributed by atoms with Crippen molar-refractivity contribution in [1.29, 1.82) is 0 Å². The first-order valence-electron chi connectivity index (χ1n) is 10.4. The number of para-hydroxylation sites is 1. The van der Waals surface area contributed by atoms with Gasteiger partial charge in [0.15, 0.2) is 5.76 Å². The van der Waals surface area contributed by atoms with Crippen molar-refractivity contribution < 1.29 is 9.26 Å². The first kappa shape index (κ1) is 20.6. The summed E-state index contributed by atoms with van der Waals surface area (Å²) in [5.41, 5.74) is 4.07. The summed E-state index contributed by atoms with van der Waals surface area (Å²) in [5, 5.41) is 0.969. The summed E-state index contributed by atoms with van der Waals surface area (Å²) in [6, 6.07) is 38.7. The van der Waals surface area contributed by atoms with E-state index in [0.29, 0.717) is 0 Å². The average Bonchev–Trinajstić information content (AvgIpc) is 3.20. The first-order chi connectivity index (χ1) is 15.7. The van der Waals surface area contributed by atoms with Crippen LogP contribution < -0.4 is 14.7 Å². The van der Waals surface area contributed by atoms with Gasteiger partial charge in [-0.2, -0.15) is 0 Å². The van der Waals surface area contributed by atoms with Crippen LogP contribution in [0.4, 0.5) is 5.69 Å². The van der Waals surface area contributed by atoms with Crippen molar-refractivity contribution in [3.05, 3.63) is 126 Å². The summed E-state index contributed by atoms with van der Waals surface area (Å²) >= 11 is 6.40. The van der Waals surface area contributed by atoms with Crippen LogP contribution in [0.3, 0.4) is 0 Å². The fraction of sp³-hybridized carbons (Fsp3) is 0.0370. The molecule has 1 aliphatic heterocycles. The van der Waals surface area contributed by atoms with Crippen molar-refractivity contribution >= 4 is 40.7 Å². The molecule has 0 amide bonds. The van der Waals surface area contributed by atoms with Gasteiger partial charge in [0.25, 0.3) is 0 Å². The van der Waals surface area contributed by atoms with E-state index in [-0.39, 0.29) is 0 Å². The Hall–Kier alpha value is -3.33. The monoisotopic (exact) mass is 455 g/mol. The Kier molecular flexibility index (Phi) is 5.57. The predicted octanol–water partition coefficient (Wildman–Crippen LogP) is 6.69. The van der Waals surface area contributed by atoms with Gasteiger partial charge in [-0.05, 0) is 48.2 Å². The summed E-state index contributed by atoms with van der Waals surface area (Å²) in [4.78, 5) is 0. The van der Waals surface area contributed by atoms with Gasteiger partial charge in [0, 0.05) is 22.1 Å². The molecule has 0 aromatic heterocycles. The number of anilines is 1. The van der Waals surface area contributed by atoms with Crippen molar-refractivity contribution in [2.24, 2.45) is 0 Å².